The molecule has 27 heteroatoms. The molecule has 0 aromatic rings. The summed E-state index contributed by atoms with van der Waals surface area (Å²) in [7, 11) is 0. The van der Waals surface area contributed by atoms with E-state index in [0.29, 0.717) is 0 Å². The number of carboxylic acids is 4. The Hall–Kier alpha value is -0.150. The first-order valence-electron chi connectivity index (χ1n) is 15.3. The Morgan fingerprint density at radius 1 is 0.377 bits per heavy atom. The van der Waals surface area contributed by atoms with Crippen molar-refractivity contribution in [1.29, 1.82) is 0 Å². The van der Waals surface area contributed by atoms with Gasteiger partial charge in [-0.2, -0.15) is 0 Å². The summed E-state index contributed by atoms with van der Waals surface area (Å²) in [5, 5.41) is 149. The third kappa shape index (κ3) is 18.3. The van der Waals surface area contributed by atoms with Gasteiger partial charge in [-0.25, -0.2) is 0 Å². The molecule has 2 aliphatic carbocycles. The predicted octanol–water partition coefficient (Wildman–Crippen LogP) is -11.0. The van der Waals surface area contributed by atoms with E-state index in [-0.39, 0.29) is 77.5 Å². The van der Waals surface area contributed by atoms with Gasteiger partial charge in [0, 0.05) is 0 Å². The van der Waals surface area contributed by atoms with Gasteiger partial charge in [-0.05, 0) is 0 Å². The fraction of sp³-hybridized carbons (Fsp3) is 0.846. The molecule has 2 rings (SSSR count). The van der Waals surface area contributed by atoms with Crippen molar-refractivity contribution in [1.82, 2.24) is 31.9 Å². The van der Waals surface area contributed by atoms with Crippen LogP contribution in [0.25, 0.3) is 0 Å². The molecule has 53 heavy (non-hydrogen) atoms. The summed E-state index contributed by atoms with van der Waals surface area (Å²) < 4.78 is 0. The number of aliphatic carboxylic acids is 4. The van der Waals surface area contributed by atoms with Crippen molar-refractivity contribution >= 4 is 23.9 Å². The second kappa shape index (κ2) is 29.1. The second-order valence-electron chi connectivity index (χ2n) is 11.7. The Morgan fingerprint density at radius 2 is 0.547 bits per heavy atom. The Labute approximate surface area is 359 Å². The number of hydrogen-bond acceptors (Lipinski definition) is 20. The summed E-state index contributed by atoms with van der Waals surface area (Å²) in [5.74, 6) is -4.97. The second-order valence-corrected chi connectivity index (χ2v) is 11.7. The van der Waals surface area contributed by atoms with Crippen LogP contribution in [0.1, 0.15) is 0 Å². The number of aliphatic hydroxyl groups is 10. The van der Waals surface area contributed by atoms with E-state index in [1.54, 1.807) is 0 Å². The molecule has 0 aromatic heterocycles. The van der Waals surface area contributed by atoms with Crippen LogP contribution in [0.15, 0.2) is 0 Å². The van der Waals surface area contributed by atoms with E-state index in [9.17, 15) is 49.8 Å². The van der Waals surface area contributed by atoms with Crippen LogP contribution in [0, 0.1) is 0 Å². The molecule has 4 unspecified atom stereocenters. The molecule has 0 bridgehead atoms. The van der Waals surface area contributed by atoms with Crippen LogP contribution in [0.4, 0.5) is 0 Å². The molecule has 0 spiro atoms. The van der Waals surface area contributed by atoms with Gasteiger partial charge in [0.2, 0.25) is 0 Å². The molecular weight excluding hydrogens is 1220 g/mol. The minimum atomic E-state index is -1.50. The van der Waals surface area contributed by atoms with E-state index in [1.165, 1.54) is 0 Å². The average molecular weight is 1270 g/mol. The smallest absolute Gasteiger partial charge is 0.480 e. The van der Waals surface area contributed by atoms with Crippen LogP contribution in [-0.2, 0) is 96.7 Å². The van der Waals surface area contributed by atoms with E-state index < -0.39 is 161 Å². The maximum absolute atomic E-state index is 10.7. The van der Waals surface area contributed by atoms with Gasteiger partial charge in [0.25, 0.3) is 0 Å². The van der Waals surface area contributed by atoms with E-state index in [2.05, 4.69) is 31.9 Å². The summed E-state index contributed by atoms with van der Waals surface area (Å²) in [6.07, 6.45) is -8.91. The van der Waals surface area contributed by atoms with E-state index in [4.69, 9.17) is 40.9 Å². The molecule has 20 N–H and O–H groups in total. The summed E-state index contributed by atoms with van der Waals surface area (Å²) in [6, 6.07) is -8.95. The number of nitrogens with one attached hydrogen (secondary N) is 6. The quantitative estimate of drug-likeness (QED) is 0.0503. The third-order valence-corrected chi connectivity index (χ3v) is 8.11. The zero-order chi connectivity index (χ0) is 38.3. The first-order valence-corrected chi connectivity index (χ1v) is 15.3. The van der Waals surface area contributed by atoms with Crippen LogP contribution in [0.5, 0.6) is 0 Å². The Kier molecular flexibility index (Phi) is 31.4. The molecule has 0 radical (unpaired) electrons. The van der Waals surface area contributed by atoms with E-state index >= 15 is 0 Å². The normalized spacial score (nSPS) is 30.9. The summed E-state index contributed by atoms with van der Waals surface area (Å²) >= 11 is 0. The Morgan fingerprint density at radius 3 is 0.698 bits per heavy atom. The van der Waals surface area contributed by atoms with Gasteiger partial charge >= 0.3 is 101 Å². The molecule has 2 fully saturated rings. The van der Waals surface area contributed by atoms with Gasteiger partial charge < -0.3 is 82.1 Å². The topological polar surface area (TPSA) is 424 Å². The molecule has 292 valence electrons. The summed E-state index contributed by atoms with van der Waals surface area (Å²) in [5.41, 5.74) is 0. The first kappa shape index (κ1) is 57.2. The van der Waals surface area contributed by atoms with Crippen molar-refractivity contribution in [2.45, 2.75) is 85.0 Å². The van der Waals surface area contributed by atoms with E-state index in [1.807, 2.05) is 0 Å². The number of hydrogen-bond donors (Lipinski definition) is 20. The monoisotopic (exact) mass is 1270 g/mol. The van der Waals surface area contributed by atoms with Crippen molar-refractivity contribution in [2.75, 3.05) is 52.6 Å². The predicted molar refractivity (Wildman–Crippen MR) is 164 cm³/mol. The SMILES string of the molecule is O=C(O)CN[C@@H]1C(O)[C@H](NCC(=O)O)[C@H](O)C(NC(CO)CO)[C@@H]1O.O=C(O)CN[C@@H]1C(O)[C@H](NCC(=O)O)[C@H](O)C(NC(CO)CO)[C@@H]1O.[Hf+4].[Hf+4].[Hf+4]. The maximum Gasteiger partial charge on any atom is 4.00 e. The van der Waals surface area contributed by atoms with Crippen LogP contribution in [-0.4, -0.2) is 233 Å². The van der Waals surface area contributed by atoms with Crippen LogP contribution < -0.4 is 31.9 Å². The Balaban J connectivity index is -0.000000893. The van der Waals surface area contributed by atoms with Gasteiger partial charge in [0.05, 0.1) is 138 Å². The summed E-state index contributed by atoms with van der Waals surface area (Å²) in [6.45, 7) is -4.36. The molecule has 2 aliphatic rings. The fourth-order valence-electron chi connectivity index (χ4n) is 5.60. The molecule has 24 nitrogen and oxygen atoms in total. The van der Waals surface area contributed by atoms with Gasteiger partial charge in [-0.3, -0.25) is 40.4 Å². The van der Waals surface area contributed by atoms with Crippen molar-refractivity contribution in [3.8, 4) is 0 Å². The maximum atomic E-state index is 10.7. The van der Waals surface area contributed by atoms with Gasteiger partial charge in [-0.15, -0.1) is 0 Å². The molecular formula is C26H50Hf3N6O18+12. The minimum absolute atomic E-state index is 0. The fourth-order valence-corrected chi connectivity index (χ4v) is 5.60. The van der Waals surface area contributed by atoms with Gasteiger partial charge in [0.15, 0.2) is 0 Å². The van der Waals surface area contributed by atoms with Crippen LogP contribution in [0.3, 0.4) is 0 Å². The van der Waals surface area contributed by atoms with Crippen molar-refractivity contribution < 1.29 is 168 Å². The zero-order valence-electron chi connectivity index (χ0n) is 28.1. The largest absolute Gasteiger partial charge is 4.00 e. The van der Waals surface area contributed by atoms with Crippen molar-refractivity contribution in [2.24, 2.45) is 0 Å². The summed E-state index contributed by atoms with van der Waals surface area (Å²) in [4.78, 5) is 42.9. The number of aliphatic hydroxyl groups excluding tert-OH is 10. The van der Waals surface area contributed by atoms with Crippen molar-refractivity contribution in [3.05, 3.63) is 0 Å². The third-order valence-electron chi connectivity index (χ3n) is 8.11. The van der Waals surface area contributed by atoms with Crippen LogP contribution >= 0.6 is 0 Å². The first-order chi connectivity index (χ1) is 23.4. The molecule has 0 aromatic carbocycles. The van der Waals surface area contributed by atoms with Gasteiger partial charge in [0.1, 0.15) is 0 Å². The van der Waals surface area contributed by atoms with E-state index in [0.717, 1.165) is 0 Å². The molecule has 0 saturated heterocycles. The molecule has 2 saturated carbocycles. The minimum Gasteiger partial charge on any atom is -0.480 e. The Bertz CT molecular complexity index is 930. The standard InChI is InChI=1S/2C13H25N3O9.3Hf/c2*17-3-5(4-18)16-10-12(24)8(14-1-6(19)20)11(23)9(13(10)25)15-2-7(21)22;;;/h2*5,8-18,23-25H,1-4H2,(H,19,20)(H,21,22);;;/q;;3*+4/t2*8-,9+,10?,11?,12-,13+;;;. The number of rotatable bonds is 20. The van der Waals surface area contributed by atoms with Crippen molar-refractivity contribution in [3.63, 3.8) is 0 Å². The van der Waals surface area contributed by atoms with Crippen LogP contribution in [0.2, 0.25) is 0 Å². The number of carboxylic acid groups (broad SMARTS) is 4. The molecule has 0 amide bonds. The molecule has 0 heterocycles. The van der Waals surface area contributed by atoms with Gasteiger partial charge in [-0.1, -0.05) is 0 Å². The zero-order valence-corrected chi connectivity index (χ0v) is 38.9. The molecule has 0 aliphatic heterocycles. The number of carbonyl (C=O) groups is 4. The molecule has 12 atom stereocenters. The average Bonchev–Trinajstić information content (AvgIpc) is 3.04.